The van der Waals surface area contributed by atoms with Gasteiger partial charge < -0.3 is 10.1 Å². The number of rotatable bonds is 7. The number of nitrogens with zero attached hydrogens (tertiary/aromatic N) is 1. The summed E-state index contributed by atoms with van der Waals surface area (Å²) in [4.78, 5) is 16.0. The molecule has 1 unspecified atom stereocenters. The molecule has 0 saturated carbocycles. The number of benzene rings is 1. The van der Waals surface area contributed by atoms with Crippen molar-refractivity contribution >= 4 is 5.97 Å². The second-order valence-corrected chi connectivity index (χ2v) is 4.80. The van der Waals surface area contributed by atoms with E-state index in [4.69, 9.17) is 4.74 Å². The maximum absolute atomic E-state index is 11.9. The lowest BCUT2D eigenvalue weighted by Gasteiger charge is -2.15. The average Bonchev–Trinajstić information content (AvgIpc) is 2.56. The van der Waals surface area contributed by atoms with Gasteiger partial charge in [0, 0.05) is 18.9 Å². The van der Waals surface area contributed by atoms with Crippen molar-refractivity contribution in [3.8, 4) is 0 Å². The van der Waals surface area contributed by atoms with Crippen LogP contribution in [0.5, 0.6) is 0 Å². The van der Waals surface area contributed by atoms with E-state index in [1.54, 1.807) is 6.20 Å². The lowest BCUT2D eigenvalue weighted by atomic mass is 9.99. The first kappa shape index (κ1) is 15.2. The van der Waals surface area contributed by atoms with Crippen molar-refractivity contribution in [1.29, 1.82) is 0 Å². The molecule has 2 aromatic rings. The number of hydrogen-bond acceptors (Lipinski definition) is 4. The van der Waals surface area contributed by atoms with Crippen molar-refractivity contribution in [2.75, 3.05) is 20.2 Å². The fraction of sp³-hybridized carbons (Fsp3) is 0.294. The summed E-state index contributed by atoms with van der Waals surface area (Å²) in [5.41, 5.74) is 2.15. The second kappa shape index (κ2) is 8.17. The molecule has 4 heteroatoms. The normalized spacial score (nSPS) is 11.9. The van der Waals surface area contributed by atoms with Crippen LogP contribution in [0.2, 0.25) is 0 Å². The van der Waals surface area contributed by atoms with Crippen LogP contribution < -0.4 is 5.32 Å². The molecular formula is C17H20N2O2. The predicted molar refractivity (Wildman–Crippen MR) is 82.0 cm³/mol. The minimum Gasteiger partial charge on any atom is -0.469 e. The zero-order chi connectivity index (χ0) is 14.9. The molecular weight excluding hydrogens is 264 g/mol. The van der Waals surface area contributed by atoms with E-state index in [9.17, 15) is 4.79 Å². The van der Waals surface area contributed by atoms with Crippen LogP contribution in [0.25, 0.3) is 0 Å². The third-order valence-corrected chi connectivity index (χ3v) is 3.35. The summed E-state index contributed by atoms with van der Waals surface area (Å²) < 4.78 is 4.89. The number of pyridine rings is 1. The zero-order valence-corrected chi connectivity index (χ0v) is 12.2. The Kier molecular flexibility index (Phi) is 5.91. The summed E-state index contributed by atoms with van der Waals surface area (Å²) in [5, 5.41) is 3.32. The summed E-state index contributed by atoms with van der Waals surface area (Å²) >= 11 is 0. The fourth-order valence-corrected chi connectivity index (χ4v) is 2.19. The van der Waals surface area contributed by atoms with Crippen LogP contribution in [-0.4, -0.2) is 31.2 Å². The van der Waals surface area contributed by atoms with E-state index < -0.39 is 0 Å². The summed E-state index contributed by atoms with van der Waals surface area (Å²) in [7, 11) is 1.42. The van der Waals surface area contributed by atoms with Crippen molar-refractivity contribution in [3.05, 3.63) is 66.0 Å². The van der Waals surface area contributed by atoms with Gasteiger partial charge in [0.2, 0.25) is 0 Å². The van der Waals surface area contributed by atoms with E-state index in [2.05, 4.69) is 10.3 Å². The highest BCUT2D eigenvalue weighted by atomic mass is 16.5. The van der Waals surface area contributed by atoms with Gasteiger partial charge in [-0.15, -0.1) is 0 Å². The highest BCUT2D eigenvalue weighted by Crippen LogP contribution is 2.16. The van der Waals surface area contributed by atoms with Gasteiger partial charge in [-0.25, -0.2) is 0 Å². The van der Waals surface area contributed by atoms with Crippen LogP contribution in [0.4, 0.5) is 0 Å². The quantitative estimate of drug-likeness (QED) is 0.625. The average molecular weight is 284 g/mol. The van der Waals surface area contributed by atoms with Crippen LogP contribution in [0.3, 0.4) is 0 Å². The summed E-state index contributed by atoms with van der Waals surface area (Å²) in [6.45, 7) is 1.36. The number of esters is 1. The molecule has 0 saturated heterocycles. The topological polar surface area (TPSA) is 51.2 Å². The molecule has 1 aromatic heterocycles. The van der Waals surface area contributed by atoms with Crippen LogP contribution in [0.15, 0.2) is 54.9 Å². The Morgan fingerprint density at radius 2 is 2.05 bits per heavy atom. The lowest BCUT2D eigenvalue weighted by Crippen LogP contribution is -2.29. The summed E-state index contributed by atoms with van der Waals surface area (Å²) in [5.74, 6) is -0.486. The van der Waals surface area contributed by atoms with Crippen LogP contribution in [0.1, 0.15) is 17.0 Å². The van der Waals surface area contributed by atoms with Gasteiger partial charge in [0.15, 0.2) is 0 Å². The molecule has 0 amide bonds. The Labute approximate surface area is 125 Å². The number of hydrogen-bond donors (Lipinski definition) is 1. The Bertz CT molecular complexity index is 543. The Morgan fingerprint density at radius 1 is 1.24 bits per heavy atom. The van der Waals surface area contributed by atoms with Gasteiger partial charge in [-0.2, -0.15) is 0 Å². The summed E-state index contributed by atoms with van der Waals surface area (Å²) in [6.07, 6.45) is 4.51. The molecule has 2 rings (SSSR count). The van der Waals surface area contributed by atoms with Gasteiger partial charge in [0.05, 0.1) is 13.0 Å². The number of nitrogens with one attached hydrogen (secondary N) is 1. The predicted octanol–water partition coefficient (Wildman–Crippen LogP) is 2.17. The van der Waals surface area contributed by atoms with Crippen LogP contribution in [0, 0.1) is 0 Å². The molecule has 0 aliphatic heterocycles. The van der Waals surface area contributed by atoms with E-state index in [0.29, 0.717) is 6.54 Å². The molecule has 0 bridgehead atoms. The second-order valence-electron chi connectivity index (χ2n) is 4.80. The van der Waals surface area contributed by atoms with Crippen LogP contribution >= 0.6 is 0 Å². The Morgan fingerprint density at radius 3 is 2.71 bits per heavy atom. The molecule has 0 radical (unpaired) electrons. The number of aromatic nitrogens is 1. The van der Waals surface area contributed by atoms with Gasteiger partial charge in [0.25, 0.3) is 0 Å². The molecule has 1 aromatic carbocycles. The van der Waals surface area contributed by atoms with Gasteiger partial charge in [0.1, 0.15) is 0 Å². The smallest absolute Gasteiger partial charge is 0.314 e. The first-order chi connectivity index (χ1) is 10.3. The standard InChI is InChI=1S/C17H20N2O2/c1-21-17(20)16(15-7-3-2-4-8-15)13-19-11-9-14-6-5-10-18-12-14/h2-8,10,12,16,19H,9,11,13H2,1H3. The highest BCUT2D eigenvalue weighted by molar-refractivity contribution is 5.78. The van der Waals surface area contributed by atoms with Gasteiger partial charge in [-0.05, 0) is 30.2 Å². The molecule has 1 heterocycles. The first-order valence-electron chi connectivity index (χ1n) is 7.03. The molecule has 0 aliphatic carbocycles. The van der Waals surface area contributed by atoms with Crippen molar-refractivity contribution in [1.82, 2.24) is 10.3 Å². The van der Waals surface area contributed by atoms with Gasteiger partial charge in [-0.3, -0.25) is 9.78 Å². The molecule has 0 fully saturated rings. The fourth-order valence-electron chi connectivity index (χ4n) is 2.19. The third-order valence-electron chi connectivity index (χ3n) is 3.35. The van der Waals surface area contributed by atoms with Crippen LogP contribution in [-0.2, 0) is 16.0 Å². The zero-order valence-electron chi connectivity index (χ0n) is 12.2. The number of carbonyl (C=O) groups is 1. The third kappa shape index (κ3) is 4.68. The minimum atomic E-state index is -0.273. The first-order valence-corrected chi connectivity index (χ1v) is 7.03. The van der Waals surface area contributed by atoms with Crippen molar-refractivity contribution in [2.24, 2.45) is 0 Å². The molecule has 0 aliphatic rings. The Hall–Kier alpha value is -2.20. The largest absolute Gasteiger partial charge is 0.469 e. The molecule has 1 atom stereocenters. The van der Waals surface area contributed by atoms with E-state index in [1.807, 2.05) is 48.7 Å². The van der Waals surface area contributed by atoms with E-state index in [1.165, 1.54) is 12.7 Å². The van der Waals surface area contributed by atoms with E-state index in [0.717, 1.165) is 18.5 Å². The number of methoxy groups -OCH3 is 1. The number of ether oxygens (including phenoxy) is 1. The van der Waals surface area contributed by atoms with E-state index in [-0.39, 0.29) is 11.9 Å². The molecule has 110 valence electrons. The molecule has 0 spiro atoms. The minimum absolute atomic E-state index is 0.213. The highest BCUT2D eigenvalue weighted by Gasteiger charge is 2.20. The van der Waals surface area contributed by atoms with Crippen molar-refractivity contribution in [2.45, 2.75) is 12.3 Å². The maximum atomic E-state index is 11.9. The van der Waals surface area contributed by atoms with Gasteiger partial charge >= 0.3 is 5.97 Å². The Balaban J connectivity index is 1.87. The molecule has 21 heavy (non-hydrogen) atoms. The monoisotopic (exact) mass is 284 g/mol. The molecule has 1 N–H and O–H groups in total. The van der Waals surface area contributed by atoms with Crippen molar-refractivity contribution < 1.29 is 9.53 Å². The number of carbonyl (C=O) groups excluding carboxylic acids is 1. The summed E-state index contributed by atoms with van der Waals surface area (Å²) in [6, 6.07) is 13.7. The molecule has 4 nitrogen and oxygen atoms in total. The van der Waals surface area contributed by atoms with Crippen molar-refractivity contribution in [3.63, 3.8) is 0 Å². The lowest BCUT2D eigenvalue weighted by molar-refractivity contribution is -0.142. The van der Waals surface area contributed by atoms with Gasteiger partial charge in [-0.1, -0.05) is 36.4 Å². The maximum Gasteiger partial charge on any atom is 0.314 e. The SMILES string of the molecule is COC(=O)C(CNCCc1cccnc1)c1ccccc1. The van der Waals surface area contributed by atoms with E-state index >= 15 is 0 Å².